The molecule has 2 rings (SSSR count). The molecule has 10 radical (unpaired) electrons. The summed E-state index contributed by atoms with van der Waals surface area (Å²) in [7, 11) is 0. The predicted molar refractivity (Wildman–Crippen MR) is 57.7 cm³/mol. The van der Waals surface area contributed by atoms with Gasteiger partial charge in [-0.1, -0.05) is 0 Å². The average molecular weight is 242 g/mol. The van der Waals surface area contributed by atoms with Crippen LogP contribution < -0.4 is 0 Å². The van der Waals surface area contributed by atoms with Crippen LogP contribution in [0.5, 0.6) is 0 Å². The molecule has 0 N–H and O–H groups in total. The SMILES string of the molecule is [CH]1[CH][CH][CH][CH]1.[CH]1[CH][CH][CH][CH]1.[S-][S-].[Ti+4]. The quantitative estimate of drug-likeness (QED) is 0.362. The van der Waals surface area contributed by atoms with E-state index in [1.807, 2.05) is 64.2 Å². The van der Waals surface area contributed by atoms with Crippen molar-refractivity contribution in [3.63, 3.8) is 0 Å². The molecule has 2 saturated carbocycles. The Labute approximate surface area is 109 Å². The fourth-order valence-electron chi connectivity index (χ4n) is 0.642. The third-order valence-corrected chi connectivity index (χ3v) is 1.11. The summed E-state index contributed by atoms with van der Waals surface area (Å²) in [5, 5.41) is 0. The molecule has 0 spiro atoms. The van der Waals surface area contributed by atoms with Crippen molar-refractivity contribution in [2.75, 3.05) is 0 Å². The minimum Gasteiger partial charge on any atom is -1.00 e. The largest absolute Gasteiger partial charge is 4.00 e. The van der Waals surface area contributed by atoms with Gasteiger partial charge in [-0.05, 0) is 64.2 Å². The third-order valence-electron chi connectivity index (χ3n) is 1.11. The first-order chi connectivity index (χ1) is 6.00. The molecule has 0 saturated heterocycles. The Morgan fingerprint density at radius 1 is 0.385 bits per heavy atom. The van der Waals surface area contributed by atoms with Gasteiger partial charge in [0.2, 0.25) is 0 Å². The van der Waals surface area contributed by atoms with E-state index in [-0.39, 0.29) is 21.7 Å². The summed E-state index contributed by atoms with van der Waals surface area (Å²) in [4.78, 5) is 0. The molecular weight excluding hydrogens is 232 g/mol. The van der Waals surface area contributed by atoms with Crippen molar-refractivity contribution >= 4 is 23.3 Å². The standard InChI is InChI=1S/2C5H5.S2.Ti/c2*1-2-4-5-3-1;1-2;/h2*1-5H;;/q;;-2;+4. The minimum atomic E-state index is 0. The van der Waals surface area contributed by atoms with E-state index >= 15 is 0 Å². The summed E-state index contributed by atoms with van der Waals surface area (Å²) in [5.74, 6) is 0. The maximum absolute atomic E-state index is 3.67. The van der Waals surface area contributed by atoms with Crippen LogP contribution >= 0.6 is 0 Å². The van der Waals surface area contributed by atoms with Gasteiger partial charge < -0.3 is 23.3 Å². The monoisotopic (exact) mass is 242 g/mol. The van der Waals surface area contributed by atoms with Gasteiger partial charge in [0.1, 0.15) is 0 Å². The van der Waals surface area contributed by atoms with Crippen LogP contribution in [0.4, 0.5) is 0 Å². The fourth-order valence-corrected chi connectivity index (χ4v) is 0.642. The van der Waals surface area contributed by atoms with E-state index in [1.54, 1.807) is 0 Å². The summed E-state index contributed by atoms with van der Waals surface area (Å²) in [6, 6.07) is 0. The Morgan fingerprint density at radius 3 is 0.538 bits per heavy atom. The molecule has 64 valence electrons. The van der Waals surface area contributed by atoms with E-state index in [9.17, 15) is 0 Å². The number of hydrogen-bond donors (Lipinski definition) is 0. The summed E-state index contributed by atoms with van der Waals surface area (Å²) in [5.41, 5.74) is 0. The van der Waals surface area contributed by atoms with Crippen molar-refractivity contribution in [3.8, 4) is 0 Å². The normalized spacial score (nSPS) is 18.9. The molecule has 0 unspecified atom stereocenters. The van der Waals surface area contributed by atoms with Gasteiger partial charge >= 0.3 is 21.7 Å². The Hall–Kier alpha value is 1.41. The molecular formula is C10H10S2Ti+2. The van der Waals surface area contributed by atoms with Crippen LogP contribution in [0.3, 0.4) is 0 Å². The van der Waals surface area contributed by atoms with Crippen LogP contribution in [-0.2, 0) is 45.0 Å². The molecule has 0 aromatic carbocycles. The van der Waals surface area contributed by atoms with Gasteiger partial charge in [-0.2, -0.15) is 0 Å². The first kappa shape index (κ1) is 16.8. The molecule has 3 heteroatoms. The van der Waals surface area contributed by atoms with E-state index in [0.29, 0.717) is 0 Å². The topological polar surface area (TPSA) is 0 Å². The van der Waals surface area contributed by atoms with Crippen molar-refractivity contribution in [2.45, 2.75) is 0 Å². The zero-order chi connectivity index (χ0) is 9.07. The predicted octanol–water partition coefficient (Wildman–Crippen LogP) is 2.04. The van der Waals surface area contributed by atoms with Gasteiger partial charge in [-0.3, -0.25) is 0 Å². The van der Waals surface area contributed by atoms with E-state index in [1.165, 1.54) is 0 Å². The molecule has 0 heterocycles. The molecule has 2 aliphatic rings. The summed E-state index contributed by atoms with van der Waals surface area (Å²) in [6.45, 7) is 0. The Bertz CT molecular complexity index is 46.1. The molecule has 2 aliphatic carbocycles. The third kappa shape index (κ3) is 13.4. The van der Waals surface area contributed by atoms with Crippen LogP contribution in [0.15, 0.2) is 0 Å². The zero-order valence-corrected chi connectivity index (χ0v) is 10.3. The van der Waals surface area contributed by atoms with Crippen molar-refractivity contribution in [1.29, 1.82) is 0 Å². The fraction of sp³-hybridized carbons (Fsp3) is 0. The van der Waals surface area contributed by atoms with E-state index < -0.39 is 0 Å². The van der Waals surface area contributed by atoms with Gasteiger partial charge in [0.25, 0.3) is 0 Å². The van der Waals surface area contributed by atoms with Gasteiger partial charge in [0.05, 0.1) is 0 Å². The maximum Gasteiger partial charge on any atom is 4.00 e. The van der Waals surface area contributed by atoms with Crippen molar-refractivity contribution in [2.24, 2.45) is 0 Å². The Balaban J connectivity index is 0. The van der Waals surface area contributed by atoms with Gasteiger partial charge in [0.15, 0.2) is 0 Å². The van der Waals surface area contributed by atoms with Gasteiger partial charge in [-0.15, -0.1) is 0 Å². The molecule has 0 aromatic heterocycles. The first-order valence-electron chi connectivity index (χ1n) is 3.50. The van der Waals surface area contributed by atoms with Crippen LogP contribution in [-0.4, -0.2) is 0 Å². The average Bonchev–Trinajstić information content (AvgIpc) is 2.87. The van der Waals surface area contributed by atoms with Crippen molar-refractivity contribution in [3.05, 3.63) is 64.2 Å². The molecule has 0 bridgehead atoms. The second-order valence-corrected chi connectivity index (χ2v) is 1.92. The molecule has 13 heavy (non-hydrogen) atoms. The summed E-state index contributed by atoms with van der Waals surface area (Å²) >= 11 is 7.33. The van der Waals surface area contributed by atoms with E-state index in [4.69, 9.17) is 0 Å². The smallest absolute Gasteiger partial charge is 1.00 e. The minimum absolute atomic E-state index is 0. The zero-order valence-electron chi connectivity index (χ0n) is 7.09. The second kappa shape index (κ2) is 15.9. The van der Waals surface area contributed by atoms with E-state index in [2.05, 4.69) is 23.3 Å². The summed E-state index contributed by atoms with van der Waals surface area (Å²) in [6.07, 6.45) is 20.0. The summed E-state index contributed by atoms with van der Waals surface area (Å²) < 4.78 is 0. The van der Waals surface area contributed by atoms with Crippen molar-refractivity contribution < 1.29 is 21.7 Å². The number of rotatable bonds is 0. The first-order valence-corrected chi connectivity index (χ1v) is 4.83. The van der Waals surface area contributed by atoms with Crippen LogP contribution in [0.2, 0.25) is 0 Å². The molecule has 0 aromatic rings. The Morgan fingerprint density at radius 2 is 0.462 bits per heavy atom. The van der Waals surface area contributed by atoms with Gasteiger partial charge in [0, 0.05) is 0 Å². The molecule has 0 amide bonds. The number of hydrogen-bond acceptors (Lipinski definition) is 2. The maximum atomic E-state index is 3.67. The van der Waals surface area contributed by atoms with Gasteiger partial charge in [-0.25, -0.2) is 0 Å². The molecule has 0 nitrogen and oxygen atoms in total. The van der Waals surface area contributed by atoms with Crippen molar-refractivity contribution in [1.82, 2.24) is 0 Å². The van der Waals surface area contributed by atoms with Crippen LogP contribution in [0.1, 0.15) is 0 Å². The van der Waals surface area contributed by atoms with E-state index in [0.717, 1.165) is 0 Å². The molecule has 0 aliphatic heterocycles. The second-order valence-electron chi connectivity index (χ2n) is 1.92. The molecule has 2 fully saturated rings. The molecule has 0 atom stereocenters. The Kier molecular flexibility index (Phi) is 20.5. The van der Waals surface area contributed by atoms with Crippen LogP contribution in [0, 0.1) is 64.2 Å². The van der Waals surface area contributed by atoms with Crippen LogP contribution in [0.25, 0.3) is 0 Å².